The summed E-state index contributed by atoms with van der Waals surface area (Å²) in [7, 11) is 0. The van der Waals surface area contributed by atoms with Crippen LogP contribution in [0.25, 0.3) is 15.0 Å². The molecule has 0 amide bonds. The van der Waals surface area contributed by atoms with Gasteiger partial charge in [-0.1, -0.05) is 26.0 Å². The minimum Gasteiger partial charge on any atom is -0.269 e. The Balaban J connectivity index is 2.55. The molecule has 0 spiro atoms. The summed E-state index contributed by atoms with van der Waals surface area (Å²) >= 11 is 1.69. The van der Waals surface area contributed by atoms with Gasteiger partial charge in [0, 0.05) is 5.56 Å². The molecular weight excluding hydrogens is 242 g/mol. The van der Waals surface area contributed by atoms with Crippen molar-refractivity contribution in [2.45, 2.75) is 26.7 Å². The molecule has 0 aliphatic carbocycles. The van der Waals surface area contributed by atoms with Crippen molar-refractivity contribution in [1.29, 1.82) is 0 Å². The van der Waals surface area contributed by atoms with Crippen molar-refractivity contribution in [3.05, 3.63) is 51.8 Å². The van der Waals surface area contributed by atoms with Gasteiger partial charge in [-0.15, -0.1) is 11.3 Å². The van der Waals surface area contributed by atoms with Gasteiger partial charge in [0.05, 0.1) is 10.2 Å². The van der Waals surface area contributed by atoms with E-state index < -0.39 is 0 Å². The third-order valence-electron chi connectivity index (χ3n) is 3.42. The van der Waals surface area contributed by atoms with E-state index in [4.69, 9.17) is 0 Å². The molecule has 2 nitrogen and oxygen atoms in total. The summed E-state index contributed by atoms with van der Waals surface area (Å²) in [6.45, 7) is 4.16. The number of thiazole rings is 1. The van der Waals surface area contributed by atoms with Gasteiger partial charge in [0.2, 0.25) is 0 Å². The SMILES string of the molecule is CCc1cc2sc3ccccc3n2c(=O)c1CC. The molecule has 3 aromatic rings. The minimum absolute atomic E-state index is 0.157. The second-order valence-corrected chi connectivity index (χ2v) is 5.47. The van der Waals surface area contributed by atoms with Crippen LogP contribution in [0.4, 0.5) is 0 Å². The second kappa shape index (κ2) is 4.25. The average Bonchev–Trinajstić information content (AvgIpc) is 2.76. The summed E-state index contributed by atoms with van der Waals surface area (Å²) in [5.41, 5.74) is 3.33. The number of aryl methyl sites for hydroxylation is 1. The van der Waals surface area contributed by atoms with Crippen LogP contribution in [0.1, 0.15) is 25.0 Å². The number of pyridine rings is 1. The largest absolute Gasteiger partial charge is 0.269 e. The molecule has 0 fully saturated rings. The highest BCUT2D eigenvalue weighted by atomic mass is 32.1. The monoisotopic (exact) mass is 257 g/mol. The fraction of sp³-hybridized carbons (Fsp3) is 0.267. The smallest absolute Gasteiger partial charge is 0.259 e. The summed E-state index contributed by atoms with van der Waals surface area (Å²) < 4.78 is 3.03. The third-order valence-corrected chi connectivity index (χ3v) is 4.50. The zero-order chi connectivity index (χ0) is 12.7. The Labute approximate surface area is 110 Å². The lowest BCUT2D eigenvalue weighted by Crippen LogP contribution is -2.19. The molecule has 0 bridgehead atoms. The van der Waals surface area contributed by atoms with Crippen LogP contribution in [0, 0.1) is 0 Å². The van der Waals surface area contributed by atoms with Gasteiger partial charge in [-0.2, -0.15) is 0 Å². The zero-order valence-electron chi connectivity index (χ0n) is 10.6. The molecule has 0 radical (unpaired) electrons. The highest BCUT2D eigenvalue weighted by molar-refractivity contribution is 7.23. The number of nitrogens with zero attached hydrogens (tertiary/aromatic N) is 1. The van der Waals surface area contributed by atoms with Crippen LogP contribution in [-0.4, -0.2) is 4.40 Å². The molecule has 3 heteroatoms. The summed E-state index contributed by atoms with van der Waals surface area (Å²) in [5.74, 6) is 0. The van der Waals surface area contributed by atoms with E-state index in [2.05, 4.69) is 26.0 Å². The van der Waals surface area contributed by atoms with Crippen LogP contribution >= 0.6 is 11.3 Å². The lowest BCUT2D eigenvalue weighted by Gasteiger charge is -2.05. The highest BCUT2D eigenvalue weighted by Crippen LogP contribution is 2.26. The number of hydrogen-bond donors (Lipinski definition) is 0. The van der Waals surface area contributed by atoms with Gasteiger partial charge in [-0.05, 0) is 36.6 Å². The van der Waals surface area contributed by atoms with E-state index in [1.807, 2.05) is 22.6 Å². The van der Waals surface area contributed by atoms with Crippen molar-refractivity contribution in [2.75, 3.05) is 0 Å². The second-order valence-electron chi connectivity index (χ2n) is 4.40. The first-order valence-electron chi connectivity index (χ1n) is 6.31. The number of para-hydroxylation sites is 1. The van der Waals surface area contributed by atoms with E-state index in [1.165, 1.54) is 10.3 Å². The van der Waals surface area contributed by atoms with Gasteiger partial charge in [-0.25, -0.2) is 0 Å². The predicted molar refractivity (Wildman–Crippen MR) is 77.8 cm³/mol. The summed E-state index contributed by atoms with van der Waals surface area (Å²) in [4.78, 5) is 13.6. The molecule has 0 N–H and O–H groups in total. The topological polar surface area (TPSA) is 21.5 Å². The van der Waals surface area contributed by atoms with Crippen LogP contribution in [0.3, 0.4) is 0 Å². The standard InChI is InChI=1S/C15H15NOS/c1-3-10-9-14-16(15(17)11(10)4-2)12-7-5-6-8-13(12)18-14/h5-9H,3-4H2,1-2H3. The molecule has 3 rings (SSSR count). The predicted octanol–water partition coefficient (Wildman–Crippen LogP) is 3.64. The van der Waals surface area contributed by atoms with Gasteiger partial charge < -0.3 is 0 Å². The molecule has 0 aliphatic heterocycles. The van der Waals surface area contributed by atoms with E-state index in [1.54, 1.807) is 11.3 Å². The molecule has 18 heavy (non-hydrogen) atoms. The number of hydrogen-bond acceptors (Lipinski definition) is 2. The number of benzene rings is 1. The van der Waals surface area contributed by atoms with E-state index in [-0.39, 0.29) is 5.56 Å². The van der Waals surface area contributed by atoms with Crippen LogP contribution < -0.4 is 5.56 Å². The number of fused-ring (bicyclic) bond motifs is 3. The fourth-order valence-electron chi connectivity index (χ4n) is 2.51. The first-order valence-corrected chi connectivity index (χ1v) is 7.13. The maximum absolute atomic E-state index is 12.6. The van der Waals surface area contributed by atoms with Crippen LogP contribution in [-0.2, 0) is 12.8 Å². The van der Waals surface area contributed by atoms with Crippen molar-refractivity contribution in [2.24, 2.45) is 0 Å². The van der Waals surface area contributed by atoms with Gasteiger partial charge >= 0.3 is 0 Å². The van der Waals surface area contributed by atoms with Crippen molar-refractivity contribution in [3.63, 3.8) is 0 Å². The Kier molecular flexibility index (Phi) is 2.71. The Hall–Kier alpha value is -1.61. The first-order chi connectivity index (χ1) is 8.76. The molecule has 0 unspecified atom stereocenters. The van der Waals surface area contributed by atoms with E-state index in [0.717, 1.165) is 28.8 Å². The molecule has 1 aromatic carbocycles. The highest BCUT2D eigenvalue weighted by Gasteiger charge is 2.12. The van der Waals surface area contributed by atoms with E-state index in [9.17, 15) is 4.79 Å². The summed E-state index contributed by atoms with van der Waals surface area (Å²) in [6, 6.07) is 10.3. The maximum Gasteiger partial charge on any atom is 0.259 e. The number of aromatic nitrogens is 1. The molecule has 0 atom stereocenters. The van der Waals surface area contributed by atoms with Gasteiger partial charge in [0.25, 0.3) is 5.56 Å². The Morgan fingerprint density at radius 2 is 1.94 bits per heavy atom. The molecular formula is C15H15NOS. The average molecular weight is 257 g/mol. The first kappa shape index (κ1) is 11.5. The van der Waals surface area contributed by atoms with Crippen LogP contribution in [0.2, 0.25) is 0 Å². The van der Waals surface area contributed by atoms with Crippen LogP contribution in [0.15, 0.2) is 35.1 Å². The molecule has 2 aromatic heterocycles. The normalized spacial score (nSPS) is 11.4. The van der Waals surface area contributed by atoms with Gasteiger partial charge in [0.15, 0.2) is 0 Å². The van der Waals surface area contributed by atoms with Crippen molar-refractivity contribution >= 4 is 26.4 Å². The van der Waals surface area contributed by atoms with Gasteiger partial charge in [-0.3, -0.25) is 9.20 Å². The van der Waals surface area contributed by atoms with Gasteiger partial charge in [0.1, 0.15) is 4.83 Å². The Morgan fingerprint density at radius 1 is 1.17 bits per heavy atom. The summed E-state index contributed by atoms with van der Waals surface area (Å²) in [6.07, 6.45) is 1.72. The third kappa shape index (κ3) is 1.51. The Bertz CT molecular complexity index is 782. The molecule has 0 saturated heterocycles. The van der Waals surface area contributed by atoms with Crippen molar-refractivity contribution in [3.8, 4) is 0 Å². The quantitative estimate of drug-likeness (QED) is 0.687. The summed E-state index contributed by atoms with van der Waals surface area (Å²) in [5, 5.41) is 0. The van der Waals surface area contributed by atoms with E-state index in [0.29, 0.717) is 0 Å². The van der Waals surface area contributed by atoms with E-state index >= 15 is 0 Å². The van der Waals surface area contributed by atoms with Crippen molar-refractivity contribution in [1.82, 2.24) is 4.40 Å². The lowest BCUT2D eigenvalue weighted by molar-refractivity contribution is 0.977. The van der Waals surface area contributed by atoms with Crippen molar-refractivity contribution < 1.29 is 0 Å². The molecule has 92 valence electrons. The zero-order valence-corrected chi connectivity index (χ0v) is 11.4. The molecule has 0 aliphatic rings. The molecule has 0 saturated carbocycles. The Morgan fingerprint density at radius 3 is 2.67 bits per heavy atom. The maximum atomic E-state index is 12.6. The lowest BCUT2D eigenvalue weighted by atomic mass is 10.1. The fourth-order valence-corrected chi connectivity index (χ4v) is 3.62. The minimum atomic E-state index is 0.157. The van der Waals surface area contributed by atoms with Crippen LogP contribution in [0.5, 0.6) is 0 Å². The number of rotatable bonds is 2. The molecule has 2 heterocycles.